The van der Waals surface area contributed by atoms with Crippen molar-refractivity contribution in [2.24, 2.45) is 0 Å². The van der Waals surface area contributed by atoms with Gasteiger partial charge in [-0.25, -0.2) is 4.89 Å². The molecule has 0 radical (unpaired) electrons. The number of carbonyl (C=O) groups is 2. The largest absolute Gasteiger partial charge is 0.756 e. The van der Waals surface area contributed by atoms with Crippen molar-refractivity contribution >= 4 is 19.8 Å². The van der Waals surface area contributed by atoms with Crippen LogP contribution in [0.3, 0.4) is 0 Å². The number of phosphoric acid groups is 1. The van der Waals surface area contributed by atoms with E-state index in [4.69, 9.17) is 23.8 Å². The zero-order chi connectivity index (χ0) is 40.2. The number of quaternary nitrogens is 1. The predicted octanol–water partition coefficient (Wildman–Crippen LogP) is 10.4. The van der Waals surface area contributed by atoms with Gasteiger partial charge in [-0.2, -0.15) is 0 Å². The first-order valence-electron chi connectivity index (χ1n) is 21.3. The summed E-state index contributed by atoms with van der Waals surface area (Å²) in [6.45, 7) is 4.03. The molecule has 11 nitrogen and oxygen atoms in total. The fraction of sp³-hybridized carbons (Fsp3) is 0.857. The molecule has 0 saturated heterocycles. The summed E-state index contributed by atoms with van der Waals surface area (Å²) in [6, 6.07) is 0. The first-order chi connectivity index (χ1) is 25.9. The van der Waals surface area contributed by atoms with Crippen molar-refractivity contribution in [3.8, 4) is 0 Å². The number of hydrogen-bond acceptors (Lipinski definition) is 10. The molecule has 0 rings (SSSR count). The number of carbonyl (C=O) groups excluding carboxylic acids is 2. The number of ether oxygens (including phenoxy) is 2. The third-order valence-corrected chi connectivity index (χ3v) is 10.2. The third kappa shape index (κ3) is 37.3. The standard InChI is InChI=1S/C42H80NO10P/c1-6-8-10-11-12-13-14-15-16-19-22-25-29-33-41(44)49-37-40(38-51-54(47,48)50-36-35-43(3,4)5)52-42(45)34-30-26-23-20-17-18-21-24-28-32-39(53-46)31-27-9-7-2/h21,24,28,32,39-40H,6-20,22-23,25-27,29-31,33-38H2,1-5H3,(H-,46,47,48). The van der Waals surface area contributed by atoms with Gasteiger partial charge in [0, 0.05) is 12.8 Å². The zero-order valence-corrected chi connectivity index (χ0v) is 35.9. The third-order valence-electron chi connectivity index (χ3n) is 9.20. The molecule has 12 heteroatoms. The predicted molar refractivity (Wildman–Crippen MR) is 216 cm³/mol. The number of hydrogen-bond donors (Lipinski definition) is 1. The van der Waals surface area contributed by atoms with Gasteiger partial charge in [-0.15, -0.1) is 0 Å². The van der Waals surface area contributed by atoms with Gasteiger partial charge in [0.15, 0.2) is 6.10 Å². The quantitative estimate of drug-likeness (QED) is 0.0122. The molecule has 3 unspecified atom stereocenters. The molecule has 0 heterocycles. The average Bonchev–Trinajstić information content (AvgIpc) is 3.12. The molecular weight excluding hydrogens is 709 g/mol. The van der Waals surface area contributed by atoms with Gasteiger partial charge in [0.2, 0.25) is 0 Å². The molecule has 0 aliphatic rings. The average molecular weight is 790 g/mol. The Hall–Kier alpha value is -1.59. The monoisotopic (exact) mass is 790 g/mol. The number of likely N-dealkylation sites (N-methyl/N-ethyl adjacent to an activating group) is 1. The van der Waals surface area contributed by atoms with Crippen LogP contribution in [0.5, 0.6) is 0 Å². The van der Waals surface area contributed by atoms with Crippen LogP contribution in [-0.2, 0) is 37.6 Å². The minimum atomic E-state index is -4.64. The van der Waals surface area contributed by atoms with Crippen molar-refractivity contribution in [2.45, 2.75) is 187 Å². The van der Waals surface area contributed by atoms with E-state index in [1.165, 1.54) is 64.2 Å². The molecule has 0 aliphatic heterocycles. The van der Waals surface area contributed by atoms with Crippen LogP contribution in [0, 0.1) is 0 Å². The summed E-state index contributed by atoms with van der Waals surface area (Å²) in [7, 11) is 1.11. The zero-order valence-electron chi connectivity index (χ0n) is 35.0. The summed E-state index contributed by atoms with van der Waals surface area (Å²) in [6.07, 6.45) is 32.3. The highest BCUT2D eigenvalue weighted by Crippen LogP contribution is 2.38. The second-order valence-electron chi connectivity index (χ2n) is 15.6. The summed E-state index contributed by atoms with van der Waals surface area (Å²) >= 11 is 0. The first-order valence-corrected chi connectivity index (χ1v) is 22.8. The van der Waals surface area contributed by atoms with E-state index < -0.39 is 32.5 Å². The molecule has 0 aromatic heterocycles. The van der Waals surface area contributed by atoms with Crippen LogP contribution in [0.4, 0.5) is 0 Å². The van der Waals surface area contributed by atoms with Gasteiger partial charge in [0.05, 0.1) is 27.7 Å². The number of phosphoric ester groups is 1. The normalized spacial score (nSPS) is 14.4. The van der Waals surface area contributed by atoms with Crippen LogP contribution in [0.25, 0.3) is 0 Å². The maximum Gasteiger partial charge on any atom is 0.306 e. The molecule has 0 aromatic carbocycles. The fourth-order valence-electron chi connectivity index (χ4n) is 5.75. The Labute approximate surface area is 329 Å². The van der Waals surface area contributed by atoms with Crippen molar-refractivity contribution in [2.75, 3.05) is 47.5 Å². The Kier molecular flexibility index (Phi) is 34.7. The van der Waals surface area contributed by atoms with Gasteiger partial charge in [-0.05, 0) is 32.1 Å². The summed E-state index contributed by atoms with van der Waals surface area (Å²) < 4.78 is 33.8. The Bertz CT molecular complexity index is 1000. The smallest absolute Gasteiger partial charge is 0.306 e. The first kappa shape index (κ1) is 52.4. The molecular formula is C42H80NO10P. The van der Waals surface area contributed by atoms with Crippen LogP contribution in [0.2, 0.25) is 0 Å². The molecule has 3 atom stereocenters. The lowest BCUT2D eigenvalue weighted by molar-refractivity contribution is -0.870. The van der Waals surface area contributed by atoms with E-state index in [2.05, 4.69) is 24.8 Å². The minimum Gasteiger partial charge on any atom is -0.756 e. The van der Waals surface area contributed by atoms with Gasteiger partial charge in [0.1, 0.15) is 25.9 Å². The molecule has 54 heavy (non-hydrogen) atoms. The molecule has 0 bridgehead atoms. The molecule has 0 saturated carbocycles. The van der Waals surface area contributed by atoms with Crippen molar-refractivity contribution < 1.29 is 52.2 Å². The van der Waals surface area contributed by atoms with Gasteiger partial charge >= 0.3 is 11.9 Å². The van der Waals surface area contributed by atoms with Crippen molar-refractivity contribution in [1.29, 1.82) is 0 Å². The van der Waals surface area contributed by atoms with Gasteiger partial charge in [0.25, 0.3) is 7.82 Å². The number of nitrogens with zero attached hydrogens (tertiary/aromatic N) is 1. The molecule has 0 aliphatic carbocycles. The molecule has 0 spiro atoms. The summed E-state index contributed by atoms with van der Waals surface area (Å²) in [4.78, 5) is 42.0. The lowest BCUT2D eigenvalue weighted by atomic mass is 10.0. The molecule has 1 N–H and O–H groups in total. The Morgan fingerprint density at radius 1 is 0.685 bits per heavy atom. The van der Waals surface area contributed by atoms with E-state index in [0.717, 1.165) is 77.0 Å². The minimum absolute atomic E-state index is 0.0458. The summed E-state index contributed by atoms with van der Waals surface area (Å²) in [5.41, 5.74) is 0. The molecule has 318 valence electrons. The van der Waals surface area contributed by atoms with Gasteiger partial charge in [-0.3, -0.25) is 19.4 Å². The van der Waals surface area contributed by atoms with Crippen LogP contribution in [-0.4, -0.2) is 81.4 Å². The van der Waals surface area contributed by atoms with Crippen molar-refractivity contribution in [1.82, 2.24) is 0 Å². The number of esters is 2. The van der Waals surface area contributed by atoms with Crippen molar-refractivity contribution in [3.63, 3.8) is 0 Å². The Balaban J connectivity index is 4.48. The fourth-order valence-corrected chi connectivity index (χ4v) is 6.48. The molecule has 0 amide bonds. The maximum absolute atomic E-state index is 12.7. The van der Waals surface area contributed by atoms with Crippen LogP contribution in [0.15, 0.2) is 24.3 Å². The SMILES string of the molecule is CCCCCCCCCCCCCCCC(=O)OCC(COP(=O)([O-])OCC[N+](C)(C)C)OC(=O)CCCCCCCC=CC=CC(CCCCC)OO. The van der Waals surface area contributed by atoms with E-state index >= 15 is 0 Å². The highest BCUT2D eigenvalue weighted by atomic mass is 31.2. The van der Waals surface area contributed by atoms with E-state index in [1.807, 2.05) is 39.4 Å². The number of allylic oxidation sites excluding steroid dienone is 3. The van der Waals surface area contributed by atoms with Crippen LogP contribution < -0.4 is 4.89 Å². The Morgan fingerprint density at radius 3 is 1.76 bits per heavy atom. The van der Waals surface area contributed by atoms with E-state index in [1.54, 1.807) is 0 Å². The highest BCUT2D eigenvalue weighted by molar-refractivity contribution is 7.45. The van der Waals surface area contributed by atoms with E-state index in [0.29, 0.717) is 17.4 Å². The van der Waals surface area contributed by atoms with Crippen LogP contribution >= 0.6 is 7.82 Å². The highest BCUT2D eigenvalue weighted by Gasteiger charge is 2.21. The van der Waals surface area contributed by atoms with E-state index in [-0.39, 0.29) is 32.2 Å². The summed E-state index contributed by atoms with van der Waals surface area (Å²) in [5.74, 6) is -0.891. The second kappa shape index (κ2) is 35.8. The topological polar surface area (TPSA) is 141 Å². The number of rotatable bonds is 39. The summed E-state index contributed by atoms with van der Waals surface area (Å²) in [5, 5.41) is 9.02. The van der Waals surface area contributed by atoms with Gasteiger partial charge < -0.3 is 27.9 Å². The molecule has 0 fully saturated rings. The Morgan fingerprint density at radius 2 is 1.20 bits per heavy atom. The number of unbranched alkanes of at least 4 members (excludes halogenated alkanes) is 19. The maximum atomic E-state index is 12.7. The van der Waals surface area contributed by atoms with E-state index in [9.17, 15) is 19.0 Å². The lowest BCUT2D eigenvalue weighted by Gasteiger charge is -2.28. The lowest BCUT2D eigenvalue weighted by Crippen LogP contribution is -2.37. The second-order valence-corrected chi connectivity index (χ2v) is 17.0. The van der Waals surface area contributed by atoms with Crippen molar-refractivity contribution in [3.05, 3.63) is 24.3 Å². The van der Waals surface area contributed by atoms with Crippen LogP contribution in [0.1, 0.15) is 174 Å². The van der Waals surface area contributed by atoms with Gasteiger partial charge in [-0.1, -0.05) is 154 Å². The molecule has 0 aromatic rings.